The molecule has 0 amide bonds. The van der Waals surface area contributed by atoms with E-state index < -0.39 is 5.92 Å². The molecule has 6 nitrogen and oxygen atoms in total. The van der Waals surface area contributed by atoms with Crippen LogP contribution in [0.2, 0.25) is 15.1 Å². The molecule has 2 atom stereocenters. The molecular weight excluding hydrogens is 639 g/mol. The first kappa shape index (κ1) is 30.3. The van der Waals surface area contributed by atoms with E-state index in [-0.39, 0.29) is 17.8 Å². The van der Waals surface area contributed by atoms with Gasteiger partial charge in [-0.2, -0.15) is 4.98 Å². The number of rotatable bonds is 6. The number of hydrogen-bond acceptors (Lipinski definition) is 6. The van der Waals surface area contributed by atoms with Gasteiger partial charge >= 0.3 is 0 Å². The zero-order chi connectivity index (χ0) is 31.8. The lowest BCUT2D eigenvalue weighted by atomic mass is 9.79. The Kier molecular flexibility index (Phi) is 8.45. The minimum atomic E-state index is -0.434. The molecule has 0 aliphatic carbocycles. The highest BCUT2D eigenvalue weighted by atomic mass is 35.5. The molecule has 230 valence electrons. The lowest BCUT2D eigenvalue weighted by Crippen LogP contribution is -2.39. The van der Waals surface area contributed by atoms with Gasteiger partial charge in [0.2, 0.25) is 11.7 Å². The van der Waals surface area contributed by atoms with Gasteiger partial charge in [0.05, 0.1) is 5.57 Å². The van der Waals surface area contributed by atoms with E-state index in [1.807, 2.05) is 66.7 Å². The third-order valence-corrected chi connectivity index (χ3v) is 9.42. The molecule has 0 bridgehead atoms. The molecule has 0 spiro atoms. The van der Waals surface area contributed by atoms with Crippen molar-refractivity contribution in [3.63, 3.8) is 0 Å². The fraction of sp³-hybridized carbons (Fsp3) is 0.135. The molecule has 2 aliphatic rings. The first-order valence-corrected chi connectivity index (χ1v) is 16.0. The summed E-state index contributed by atoms with van der Waals surface area (Å²) in [6.07, 6.45) is 2.08. The number of allylic oxidation sites excluding steroid dienone is 1. The van der Waals surface area contributed by atoms with E-state index in [4.69, 9.17) is 54.8 Å². The van der Waals surface area contributed by atoms with Crippen LogP contribution in [0.1, 0.15) is 41.5 Å². The number of hydrogen-bond donors (Lipinski definition) is 1. The Morgan fingerprint density at radius 3 is 2.28 bits per heavy atom. The standard InChI is InChI=1S/C37H29Cl3N4O2/c1-22(23-9-3-2-4-10-23)44-20-26(19-25-11-5-7-13-30(25)39)34-29(21-44)32(28-12-6-8-14-31(28)40)33(35(41)45-34)37-42-36(43-46-37)24-15-17-27(38)18-16-24/h2-19,22,32H,20-21,41H2,1H3/b26-19+/t22-,32?/m1/s1. The molecule has 4 aromatic carbocycles. The van der Waals surface area contributed by atoms with Crippen molar-refractivity contribution in [3.8, 4) is 11.4 Å². The molecule has 3 heterocycles. The van der Waals surface area contributed by atoms with Crippen LogP contribution in [0.15, 0.2) is 130 Å². The van der Waals surface area contributed by atoms with Crippen molar-refractivity contribution >= 4 is 46.5 Å². The van der Waals surface area contributed by atoms with E-state index in [0.717, 1.165) is 27.8 Å². The molecular formula is C37H29Cl3N4O2. The Morgan fingerprint density at radius 1 is 0.848 bits per heavy atom. The fourth-order valence-electron chi connectivity index (χ4n) is 6.12. The van der Waals surface area contributed by atoms with Crippen molar-refractivity contribution < 1.29 is 9.26 Å². The van der Waals surface area contributed by atoms with E-state index in [2.05, 4.69) is 47.3 Å². The maximum atomic E-state index is 6.94. The van der Waals surface area contributed by atoms with Gasteiger partial charge < -0.3 is 15.0 Å². The van der Waals surface area contributed by atoms with Crippen LogP contribution in [0.4, 0.5) is 0 Å². The van der Waals surface area contributed by atoms with Crippen molar-refractivity contribution in [1.82, 2.24) is 15.0 Å². The topological polar surface area (TPSA) is 77.4 Å². The molecule has 46 heavy (non-hydrogen) atoms. The van der Waals surface area contributed by atoms with Crippen molar-refractivity contribution in [3.05, 3.63) is 164 Å². The minimum absolute atomic E-state index is 0.0865. The summed E-state index contributed by atoms with van der Waals surface area (Å²) in [5.41, 5.74) is 13.0. The summed E-state index contributed by atoms with van der Waals surface area (Å²) in [4.78, 5) is 7.19. The second-order valence-corrected chi connectivity index (χ2v) is 12.6. The first-order valence-electron chi connectivity index (χ1n) is 14.9. The summed E-state index contributed by atoms with van der Waals surface area (Å²) in [6.45, 7) is 3.40. The number of nitrogens with two attached hydrogens (primary N) is 1. The zero-order valence-electron chi connectivity index (χ0n) is 24.8. The van der Waals surface area contributed by atoms with E-state index in [1.54, 1.807) is 12.1 Å². The van der Waals surface area contributed by atoms with Gasteiger partial charge in [0.1, 0.15) is 5.76 Å². The monoisotopic (exact) mass is 666 g/mol. The van der Waals surface area contributed by atoms with Crippen molar-refractivity contribution in [1.29, 1.82) is 0 Å². The van der Waals surface area contributed by atoms with E-state index >= 15 is 0 Å². The smallest absolute Gasteiger partial charge is 0.260 e. The number of aromatic nitrogens is 2. The van der Waals surface area contributed by atoms with Crippen LogP contribution >= 0.6 is 34.8 Å². The minimum Gasteiger partial charge on any atom is -0.441 e. The molecule has 5 aromatic rings. The summed E-state index contributed by atoms with van der Waals surface area (Å²) in [7, 11) is 0. The second kappa shape index (κ2) is 12.8. The van der Waals surface area contributed by atoms with Crippen molar-refractivity contribution in [2.24, 2.45) is 5.73 Å². The van der Waals surface area contributed by atoms with Crippen LogP contribution in [0.3, 0.4) is 0 Å². The van der Waals surface area contributed by atoms with Crippen LogP contribution < -0.4 is 5.73 Å². The van der Waals surface area contributed by atoms with Crippen molar-refractivity contribution in [2.75, 3.05) is 13.1 Å². The number of ether oxygens (including phenoxy) is 1. The lowest BCUT2D eigenvalue weighted by Gasteiger charge is -2.41. The Bertz CT molecular complexity index is 2000. The molecule has 2 aliphatic heterocycles. The molecule has 0 saturated carbocycles. The van der Waals surface area contributed by atoms with Gasteiger partial charge in [0, 0.05) is 51.3 Å². The molecule has 1 unspecified atom stereocenters. The van der Waals surface area contributed by atoms with E-state index in [9.17, 15) is 0 Å². The van der Waals surface area contributed by atoms with Crippen LogP contribution in [0.5, 0.6) is 0 Å². The average Bonchev–Trinajstić information content (AvgIpc) is 3.56. The first-order chi connectivity index (χ1) is 22.4. The lowest BCUT2D eigenvalue weighted by molar-refractivity contribution is 0.203. The van der Waals surface area contributed by atoms with Crippen LogP contribution in [-0.4, -0.2) is 28.1 Å². The predicted molar refractivity (Wildman–Crippen MR) is 184 cm³/mol. The third-order valence-electron chi connectivity index (χ3n) is 8.48. The van der Waals surface area contributed by atoms with Gasteiger partial charge in [-0.05, 0) is 71.7 Å². The van der Waals surface area contributed by atoms with Gasteiger partial charge in [-0.25, -0.2) is 0 Å². The third kappa shape index (κ3) is 5.85. The highest BCUT2D eigenvalue weighted by Gasteiger charge is 2.42. The van der Waals surface area contributed by atoms with E-state index in [1.165, 1.54) is 5.56 Å². The molecule has 2 N–H and O–H groups in total. The SMILES string of the molecule is C[C@H](c1ccccc1)N1CC2=C(OC(N)=C(c3nc(-c4ccc(Cl)cc4)no3)C2c2ccccc2Cl)/C(=C/c2ccccc2Cl)C1. The molecule has 0 fully saturated rings. The number of benzene rings is 4. The van der Waals surface area contributed by atoms with Crippen LogP contribution in [0, 0.1) is 0 Å². The Balaban J connectivity index is 1.40. The summed E-state index contributed by atoms with van der Waals surface area (Å²) in [5, 5.41) is 6.14. The van der Waals surface area contributed by atoms with E-state index in [0.29, 0.717) is 45.3 Å². The molecule has 7 rings (SSSR count). The van der Waals surface area contributed by atoms with Crippen LogP contribution in [0.25, 0.3) is 23.0 Å². The maximum Gasteiger partial charge on any atom is 0.260 e. The number of halogens is 3. The van der Waals surface area contributed by atoms with Gasteiger partial charge in [0.25, 0.3) is 5.89 Å². The largest absolute Gasteiger partial charge is 0.441 e. The number of nitrogens with zero attached hydrogens (tertiary/aromatic N) is 3. The quantitative estimate of drug-likeness (QED) is 0.194. The predicted octanol–water partition coefficient (Wildman–Crippen LogP) is 9.55. The van der Waals surface area contributed by atoms with Gasteiger partial charge in [-0.15, -0.1) is 0 Å². The normalized spacial score (nSPS) is 18.4. The molecule has 0 radical (unpaired) electrons. The summed E-state index contributed by atoms with van der Waals surface area (Å²) < 4.78 is 12.4. The highest BCUT2D eigenvalue weighted by Crippen LogP contribution is 2.50. The Labute approximate surface area is 282 Å². The molecule has 9 heteroatoms. The Hall–Kier alpha value is -4.33. The summed E-state index contributed by atoms with van der Waals surface area (Å²) in [6, 6.07) is 33.3. The Morgan fingerprint density at radius 2 is 1.54 bits per heavy atom. The van der Waals surface area contributed by atoms with Crippen molar-refractivity contribution in [2.45, 2.75) is 18.9 Å². The van der Waals surface area contributed by atoms with Gasteiger partial charge in [-0.1, -0.05) is 107 Å². The summed E-state index contributed by atoms with van der Waals surface area (Å²) >= 11 is 19.7. The molecule has 0 saturated heterocycles. The second-order valence-electron chi connectivity index (χ2n) is 11.3. The average molecular weight is 668 g/mol. The fourth-order valence-corrected chi connectivity index (χ4v) is 6.68. The highest BCUT2D eigenvalue weighted by molar-refractivity contribution is 6.32. The summed E-state index contributed by atoms with van der Waals surface area (Å²) in [5.74, 6) is 1.09. The zero-order valence-corrected chi connectivity index (χ0v) is 27.1. The maximum absolute atomic E-state index is 6.94. The molecule has 1 aromatic heterocycles. The van der Waals surface area contributed by atoms with Crippen LogP contribution in [-0.2, 0) is 4.74 Å². The van der Waals surface area contributed by atoms with Gasteiger partial charge in [0.15, 0.2) is 0 Å². The van der Waals surface area contributed by atoms with Gasteiger partial charge in [-0.3, -0.25) is 4.90 Å².